The Kier molecular flexibility index (Phi) is 20.0. The number of amides is 4. The van der Waals surface area contributed by atoms with Gasteiger partial charge in [-0.1, -0.05) is 96.6 Å². The van der Waals surface area contributed by atoms with Crippen LogP contribution in [0.2, 0.25) is 0 Å². The van der Waals surface area contributed by atoms with E-state index >= 15 is 0 Å². The zero-order valence-corrected chi connectivity index (χ0v) is 35.6. The standard InChI is InChI=1S/C48H61N7O7/c1-33(2)26-28-51-48(49)50-27-10-16-40(53-44(59)17-9-15-34-18-22-38(56)23-19-34)47(62)55-41(29-35-11-5-3-6-12-35)43(58)31-45(60)54-42(30-36-20-24-39(57)25-21-36)46(61)52-32-37-13-7-4-8-14-37/h3-8,11-14,18-26,40-43,56-58H,9-10,15-17,27-32H2,1-2H3,(H,52,61)(H,53,59)(H,54,60)(H,55,62)(H3,49,50,51)/t40-,41+,42+,43+/m1/s1. The maximum Gasteiger partial charge on any atom is 0.243 e. The molecule has 4 amide bonds. The van der Waals surface area contributed by atoms with Gasteiger partial charge in [0.2, 0.25) is 23.6 Å². The Morgan fingerprint density at radius 1 is 0.661 bits per heavy atom. The third-order valence-corrected chi connectivity index (χ3v) is 10.0. The Bertz CT molecular complexity index is 2060. The Balaban J connectivity index is 1.46. The van der Waals surface area contributed by atoms with Crippen LogP contribution < -0.4 is 32.3 Å². The first-order valence-electron chi connectivity index (χ1n) is 21.0. The van der Waals surface area contributed by atoms with E-state index in [0.29, 0.717) is 37.9 Å². The number of carbonyl (C=O) groups is 4. The number of allylic oxidation sites excluding steroid dienone is 1. The third-order valence-electron chi connectivity index (χ3n) is 10.0. The van der Waals surface area contributed by atoms with Crippen molar-refractivity contribution in [2.24, 2.45) is 10.7 Å². The Morgan fingerprint density at radius 2 is 1.24 bits per heavy atom. The molecule has 0 unspecified atom stereocenters. The minimum atomic E-state index is -1.39. The SMILES string of the molecule is CC(C)=CCN=C(N)NCCC[C@@H](NC(=O)CCCc1ccc(O)cc1)C(=O)N[C@@H](Cc1ccccc1)[C@@H](O)CC(=O)N[C@@H](Cc1ccc(O)cc1)C(=O)NCc1ccccc1. The Morgan fingerprint density at radius 3 is 1.87 bits per heavy atom. The molecule has 0 saturated carbocycles. The van der Waals surface area contributed by atoms with Crippen LogP contribution in [0.5, 0.6) is 11.5 Å². The van der Waals surface area contributed by atoms with Gasteiger partial charge in [-0.2, -0.15) is 0 Å². The number of guanidine groups is 1. The Labute approximate surface area is 364 Å². The number of phenolic OH excluding ortho intramolecular Hbond substituents is 2. The normalized spacial score (nSPS) is 13.1. The van der Waals surface area contributed by atoms with Gasteiger partial charge in [0.25, 0.3) is 0 Å². The number of nitrogens with zero attached hydrogens (tertiary/aromatic N) is 1. The summed E-state index contributed by atoms with van der Waals surface area (Å²) >= 11 is 0. The van der Waals surface area contributed by atoms with Crippen LogP contribution in [0.4, 0.5) is 0 Å². The van der Waals surface area contributed by atoms with Gasteiger partial charge in [0.15, 0.2) is 5.96 Å². The fourth-order valence-electron chi connectivity index (χ4n) is 6.56. The van der Waals surface area contributed by atoms with E-state index in [9.17, 15) is 34.5 Å². The molecule has 0 aromatic heterocycles. The van der Waals surface area contributed by atoms with Gasteiger partial charge in [-0.05, 0) is 92.5 Å². The highest BCUT2D eigenvalue weighted by Gasteiger charge is 2.30. The van der Waals surface area contributed by atoms with Crippen molar-refractivity contribution in [3.63, 3.8) is 0 Å². The van der Waals surface area contributed by atoms with E-state index in [1.807, 2.05) is 80.6 Å². The summed E-state index contributed by atoms with van der Waals surface area (Å²) in [6.07, 6.45) is 2.31. The lowest BCUT2D eigenvalue weighted by Crippen LogP contribution is -2.54. The zero-order chi connectivity index (χ0) is 44.7. The molecule has 4 rings (SSSR count). The monoisotopic (exact) mass is 847 g/mol. The van der Waals surface area contributed by atoms with Crippen LogP contribution >= 0.6 is 0 Å². The zero-order valence-electron chi connectivity index (χ0n) is 35.6. The van der Waals surface area contributed by atoms with Crippen molar-refractivity contribution >= 4 is 29.6 Å². The van der Waals surface area contributed by atoms with E-state index in [0.717, 1.165) is 22.3 Å². The third kappa shape index (κ3) is 18.3. The molecule has 0 spiro atoms. The van der Waals surface area contributed by atoms with E-state index < -0.39 is 48.4 Å². The second kappa shape index (κ2) is 25.8. The van der Waals surface area contributed by atoms with Crippen LogP contribution in [0.15, 0.2) is 126 Å². The summed E-state index contributed by atoms with van der Waals surface area (Å²) in [5.41, 5.74) is 10.5. The van der Waals surface area contributed by atoms with E-state index in [1.165, 1.54) is 12.1 Å². The summed E-state index contributed by atoms with van der Waals surface area (Å²) in [5, 5.41) is 45.6. The molecule has 0 fully saturated rings. The van der Waals surface area contributed by atoms with Gasteiger partial charge in [-0.15, -0.1) is 0 Å². The van der Waals surface area contributed by atoms with Crippen LogP contribution in [-0.2, 0) is 45.0 Å². The first-order valence-corrected chi connectivity index (χ1v) is 21.0. The van der Waals surface area contributed by atoms with E-state index in [-0.39, 0.29) is 55.6 Å². The number of aliphatic hydroxyl groups excluding tert-OH is 1. The molecule has 0 radical (unpaired) electrons. The van der Waals surface area contributed by atoms with E-state index in [1.54, 1.807) is 36.4 Å². The smallest absolute Gasteiger partial charge is 0.243 e. The number of rotatable bonds is 24. The molecule has 10 N–H and O–H groups in total. The van der Waals surface area contributed by atoms with Crippen LogP contribution in [-0.4, -0.2) is 82.2 Å². The minimum absolute atomic E-state index is 0.0615. The lowest BCUT2D eigenvalue weighted by molar-refractivity contribution is -0.131. The molecule has 4 atom stereocenters. The molecule has 62 heavy (non-hydrogen) atoms. The van der Waals surface area contributed by atoms with Gasteiger partial charge in [0.1, 0.15) is 23.6 Å². The number of nitrogens with two attached hydrogens (primary N) is 1. The average Bonchev–Trinajstić information content (AvgIpc) is 3.25. The lowest BCUT2D eigenvalue weighted by Gasteiger charge is -2.28. The summed E-state index contributed by atoms with van der Waals surface area (Å²) in [6, 6.07) is 28.7. The van der Waals surface area contributed by atoms with Gasteiger partial charge >= 0.3 is 0 Å². The molecule has 0 aliphatic rings. The number of aromatic hydroxyl groups is 2. The molecule has 0 aliphatic heterocycles. The highest BCUT2D eigenvalue weighted by atomic mass is 16.3. The fourth-order valence-corrected chi connectivity index (χ4v) is 6.56. The summed E-state index contributed by atoms with van der Waals surface area (Å²) in [6.45, 7) is 4.98. The average molecular weight is 848 g/mol. The van der Waals surface area contributed by atoms with Crippen LogP contribution in [0.3, 0.4) is 0 Å². The maximum atomic E-state index is 14.1. The second-order valence-electron chi connectivity index (χ2n) is 15.5. The number of hydrogen-bond acceptors (Lipinski definition) is 8. The van der Waals surface area contributed by atoms with Crippen molar-refractivity contribution in [1.82, 2.24) is 26.6 Å². The molecule has 4 aromatic carbocycles. The largest absolute Gasteiger partial charge is 0.508 e. The number of aliphatic hydroxyl groups is 1. The highest BCUT2D eigenvalue weighted by molar-refractivity contribution is 5.89. The van der Waals surface area contributed by atoms with Crippen molar-refractivity contribution in [1.29, 1.82) is 0 Å². The summed E-state index contributed by atoms with van der Waals surface area (Å²) in [5.74, 6) is -1.44. The molecule has 0 aliphatic carbocycles. The van der Waals surface area contributed by atoms with Crippen molar-refractivity contribution < 1.29 is 34.5 Å². The van der Waals surface area contributed by atoms with Crippen molar-refractivity contribution in [3.8, 4) is 11.5 Å². The second-order valence-corrected chi connectivity index (χ2v) is 15.5. The van der Waals surface area contributed by atoms with E-state index in [4.69, 9.17) is 5.73 Å². The molecule has 0 heterocycles. The topological polar surface area (TPSA) is 227 Å². The molecule has 14 nitrogen and oxygen atoms in total. The fraction of sp³-hybridized carbons (Fsp3) is 0.354. The number of aliphatic imine (C=N–C) groups is 1. The number of phenols is 2. The van der Waals surface area contributed by atoms with Crippen molar-refractivity contribution in [2.75, 3.05) is 13.1 Å². The van der Waals surface area contributed by atoms with Gasteiger partial charge in [0.05, 0.1) is 25.1 Å². The lowest BCUT2D eigenvalue weighted by atomic mass is 9.97. The predicted octanol–water partition coefficient (Wildman–Crippen LogP) is 4.08. The van der Waals surface area contributed by atoms with Crippen molar-refractivity contribution in [2.45, 2.75) is 96.0 Å². The molecular formula is C48H61N7O7. The molecule has 0 saturated heterocycles. The number of aryl methyl sites for hydroxylation is 1. The molecule has 14 heteroatoms. The molecule has 0 bridgehead atoms. The van der Waals surface area contributed by atoms with Gasteiger partial charge in [0, 0.05) is 25.9 Å². The molecular weight excluding hydrogens is 787 g/mol. The van der Waals surface area contributed by atoms with Gasteiger partial charge < -0.3 is 47.6 Å². The van der Waals surface area contributed by atoms with Crippen LogP contribution in [0, 0.1) is 0 Å². The van der Waals surface area contributed by atoms with Gasteiger partial charge in [-0.3, -0.25) is 19.2 Å². The minimum Gasteiger partial charge on any atom is -0.508 e. The summed E-state index contributed by atoms with van der Waals surface area (Å²) in [7, 11) is 0. The quantitative estimate of drug-likeness (QED) is 0.0214. The number of nitrogens with one attached hydrogen (secondary N) is 5. The van der Waals surface area contributed by atoms with Gasteiger partial charge in [-0.25, -0.2) is 4.99 Å². The molecule has 4 aromatic rings. The summed E-state index contributed by atoms with van der Waals surface area (Å²) < 4.78 is 0. The predicted molar refractivity (Wildman–Crippen MR) is 241 cm³/mol. The molecule has 330 valence electrons. The highest BCUT2D eigenvalue weighted by Crippen LogP contribution is 2.15. The first kappa shape index (κ1) is 48.0. The van der Waals surface area contributed by atoms with Crippen LogP contribution in [0.25, 0.3) is 0 Å². The first-order chi connectivity index (χ1) is 29.8. The maximum absolute atomic E-state index is 14.1. The van der Waals surface area contributed by atoms with Crippen LogP contribution in [0.1, 0.15) is 68.2 Å². The number of carbonyl (C=O) groups excluding carboxylic acids is 4. The van der Waals surface area contributed by atoms with E-state index in [2.05, 4.69) is 31.6 Å². The summed E-state index contributed by atoms with van der Waals surface area (Å²) in [4.78, 5) is 58.8. The number of benzene rings is 4. The van der Waals surface area contributed by atoms with Crippen molar-refractivity contribution in [3.05, 3.63) is 143 Å². The Hall–Kier alpha value is -6.67. The number of hydrogen-bond donors (Lipinski definition) is 9.